The van der Waals surface area contributed by atoms with Gasteiger partial charge >= 0.3 is 5.97 Å². The number of carbonyl (C=O) groups excluding carboxylic acids is 3. The molecule has 0 saturated carbocycles. The molecule has 1 N–H and O–H groups in total. The number of esters is 1. The normalized spacial score (nSPS) is 9.67. The Hall–Kier alpha value is -3.24. The van der Waals surface area contributed by atoms with Crippen molar-refractivity contribution in [3.05, 3.63) is 65.7 Å². The number of carbonyl (C=O) groups is 2. The maximum atomic E-state index is 12.0. The van der Waals surface area contributed by atoms with Gasteiger partial charge in [-0.15, -0.1) is 0 Å². The number of nitrogens with one attached hydrogen (secondary N) is 1. The Morgan fingerprint density at radius 1 is 1.08 bits per heavy atom. The summed E-state index contributed by atoms with van der Waals surface area (Å²) in [5.41, 5.74) is 1.60. The molecule has 0 atom stereocenters. The summed E-state index contributed by atoms with van der Waals surface area (Å²) < 4.78 is 5.12. The van der Waals surface area contributed by atoms with Crippen LogP contribution >= 0.6 is 0 Å². The lowest BCUT2D eigenvalue weighted by Gasteiger charge is -2.07. The number of ether oxygens (including phenoxy) is 1. The summed E-state index contributed by atoms with van der Waals surface area (Å²) in [6.45, 7) is 0.368. The summed E-state index contributed by atoms with van der Waals surface area (Å²) in [6, 6.07) is 15.6. The van der Waals surface area contributed by atoms with E-state index < -0.39 is 5.97 Å². The van der Waals surface area contributed by atoms with Crippen LogP contribution in [0.25, 0.3) is 0 Å². The van der Waals surface area contributed by atoms with E-state index in [0.29, 0.717) is 11.3 Å². The van der Waals surface area contributed by atoms with E-state index in [0.717, 1.165) is 5.56 Å². The van der Waals surface area contributed by atoms with Gasteiger partial charge in [0.25, 0.3) is 5.91 Å². The molecule has 0 unspecified atom stereocenters. The van der Waals surface area contributed by atoms with Gasteiger partial charge in [0, 0.05) is 12.1 Å². The van der Waals surface area contributed by atoms with Crippen LogP contribution in [0, 0.1) is 0 Å². The van der Waals surface area contributed by atoms with Crippen molar-refractivity contribution in [3.8, 4) is 0 Å². The van der Waals surface area contributed by atoms with E-state index in [9.17, 15) is 14.4 Å². The van der Waals surface area contributed by atoms with Crippen molar-refractivity contribution in [1.29, 1.82) is 0 Å². The van der Waals surface area contributed by atoms with Crippen LogP contribution in [0.1, 0.15) is 22.3 Å². The van der Waals surface area contributed by atoms with Gasteiger partial charge in [-0.05, 0) is 23.8 Å². The largest absolute Gasteiger partial charge is 0.461 e. The molecule has 0 spiro atoms. The Balaban J connectivity index is 1.75. The molecule has 0 aliphatic carbocycles. The minimum atomic E-state index is -0.390. The lowest BCUT2D eigenvalue weighted by atomic mass is 10.2. The molecule has 122 valence electrons. The maximum Gasteiger partial charge on any atom is 0.307 e. The fourth-order valence-electron chi connectivity index (χ4n) is 1.96. The number of rotatable bonds is 7. The van der Waals surface area contributed by atoms with Crippen molar-refractivity contribution in [3.63, 3.8) is 0 Å². The van der Waals surface area contributed by atoms with E-state index in [1.165, 1.54) is 12.1 Å². The molecule has 0 saturated heterocycles. The van der Waals surface area contributed by atoms with Crippen molar-refractivity contribution in [1.82, 2.24) is 5.32 Å². The fourth-order valence-corrected chi connectivity index (χ4v) is 1.96. The third kappa shape index (κ3) is 5.51. The smallest absolute Gasteiger partial charge is 0.307 e. The number of aliphatic imine (C=N–C) groups is 1. The van der Waals surface area contributed by atoms with Crippen LogP contribution in [0.4, 0.5) is 5.69 Å². The lowest BCUT2D eigenvalue weighted by molar-refractivity contribution is -0.144. The highest BCUT2D eigenvalue weighted by molar-refractivity contribution is 5.95. The first-order valence-corrected chi connectivity index (χ1v) is 7.35. The number of amides is 1. The predicted octanol–water partition coefficient (Wildman–Crippen LogP) is 2.52. The van der Waals surface area contributed by atoms with E-state index in [2.05, 4.69) is 10.3 Å². The maximum absolute atomic E-state index is 12.0. The minimum Gasteiger partial charge on any atom is -0.461 e. The van der Waals surface area contributed by atoms with Crippen molar-refractivity contribution >= 4 is 23.6 Å². The van der Waals surface area contributed by atoms with Gasteiger partial charge in [-0.25, -0.2) is 4.79 Å². The average molecular weight is 324 g/mol. The van der Waals surface area contributed by atoms with Gasteiger partial charge in [0.05, 0.1) is 12.1 Å². The van der Waals surface area contributed by atoms with Crippen LogP contribution < -0.4 is 5.32 Å². The molecule has 0 heterocycles. The number of nitrogens with zero attached hydrogens (tertiary/aromatic N) is 1. The molecule has 6 nitrogen and oxygen atoms in total. The van der Waals surface area contributed by atoms with E-state index in [4.69, 9.17) is 4.74 Å². The summed E-state index contributed by atoms with van der Waals surface area (Å²) in [5, 5.41) is 2.62. The van der Waals surface area contributed by atoms with Crippen molar-refractivity contribution < 1.29 is 19.1 Å². The number of isocyanates is 1. The van der Waals surface area contributed by atoms with Gasteiger partial charge in [-0.1, -0.05) is 36.4 Å². The molecule has 1 amide bonds. The Bertz CT molecular complexity index is 753. The molecule has 0 radical (unpaired) electrons. The zero-order chi connectivity index (χ0) is 17.2. The first-order chi connectivity index (χ1) is 11.7. The van der Waals surface area contributed by atoms with E-state index in [1.807, 2.05) is 30.3 Å². The minimum absolute atomic E-state index is 0.0742. The van der Waals surface area contributed by atoms with E-state index in [1.54, 1.807) is 18.2 Å². The number of hydrogen-bond donors (Lipinski definition) is 1. The van der Waals surface area contributed by atoms with Crippen LogP contribution in [0.15, 0.2) is 59.6 Å². The summed E-state index contributed by atoms with van der Waals surface area (Å²) in [4.78, 5) is 37.3. The van der Waals surface area contributed by atoms with Crippen molar-refractivity contribution in [2.75, 3.05) is 6.54 Å². The molecule has 0 fully saturated rings. The van der Waals surface area contributed by atoms with Crippen LogP contribution in [0.3, 0.4) is 0 Å². The highest BCUT2D eigenvalue weighted by Gasteiger charge is 2.08. The molecule has 6 heteroatoms. The summed E-state index contributed by atoms with van der Waals surface area (Å²) >= 11 is 0. The molecule has 0 aromatic heterocycles. The van der Waals surface area contributed by atoms with Crippen LogP contribution in [0.2, 0.25) is 0 Å². The van der Waals surface area contributed by atoms with Gasteiger partial charge in [0.2, 0.25) is 6.08 Å². The summed E-state index contributed by atoms with van der Waals surface area (Å²) in [5.74, 6) is -0.743. The molecule has 2 aromatic carbocycles. The number of benzene rings is 2. The predicted molar refractivity (Wildman–Crippen MR) is 87.4 cm³/mol. The Kier molecular flexibility index (Phi) is 6.44. The van der Waals surface area contributed by atoms with Crippen molar-refractivity contribution in [2.45, 2.75) is 13.0 Å². The van der Waals surface area contributed by atoms with Crippen LogP contribution in [-0.4, -0.2) is 24.5 Å². The molecular weight excluding hydrogens is 308 g/mol. The van der Waals surface area contributed by atoms with Gasteiger partial charge in [0.1, 0.15) is 6.61 Å². The molecule has 0 aliphatic rings. The quantitative estimate of drug-likeness (QED) is 0.482. The second-order valence-corrected chi connectivity index (χ2v) is 4.91. The summed E-state index contributed by atoms with van der Waals surface area (Å²) in [6.07, 6.45) is 1.49. The van der Waals surface area contributed by atoms with E-state index >= 15 is 0 Å². The second-order valence-electron chi connectivity index (χ2n) is 4.91. The zero-order valence-corrected chi connectivity index (χ0v) is 12.9. The highest BCUT2D eigenvalue weighted by atomic mass is 16.5. The molecule has 0 bridgehead atoms. The molecular formula is C18H16N2O4. The standard InChI is InChI=1S/C18H16N2O4/c21-13-20-16-8-4-7-15(11-16)18(23)19-10-9-17(22)24-12-14-5-2-1-3-6-14/h1-8,11H,9-10,12H2,(H,19,23). The SMILES string of the molecule is O=C=Nc1cccc(C(=O)NCCC(=O)OCc2ccccc2)c1. The van der Waals surface area contributed by atoms with Gasteiger partial charge in [0.15, 0.2) is 0 Å². The zero-order valence-electron chi connectivity index (χ0n) is 12.9. The van der Waals surface area contributed by atoms with Crippen LogP contribution in [0.5, 0.6) is 0 Å². The third-order valence-electron chi connectivity index (χ3n) is 3.14. The van der Waals surface area contributed by atoms with E-state index in [-0.39, 0.29) is 25.5 Å². The summed E-state index contributed by atoms with van der Waals surface area (Å²) in [7, 11) is 0. The Morgan fingerprint density at radius 3 is 2.62 bits per heavy atom. The molecule has 24 heavy (non-hydrogen) atoms. The average Bonchev–Trinajstić information content (AvgIpc) is 2.61. The Morgan fingerprint density at radius 2 is 1.88 bits per heavy atom. The van der Waals surface area contributed by atoms with Gasteiger partial charge < -0.3 is 10.1 Å². The molecule has 2 aromatic rings. The molecule has 0 aliphatic heterocycles. The highest BCUT2D eigenvalue weighted by Crippen LogP contribution is 2.13. The third-order valence-corrected chi connectivity index (χ3v) is 3.14. The monoisotopic (exact) mass is 324 g/mol. The topological polar surface area (TPSA) is 84.8 Å². The lowest BCUT2D eigenvalue weighted by Crippen LogP contribution is -2.26. The number of hydrogen-bond acceptors (Lipinski definition) is 5. The second kappa shape index (κ2) is 9.02. The molecule has 2 rings (SSSR count). The first kappa shape index (κ1) is 17.1. The fraction of sp³-hybridized carbons (Fsp3) is 0.167. The Labute approximate surface area is 139 Å². The van der Waals surface area contributed by atoms with Gasteiger partial charge in [-0.2, -0.15) is 4.99 Å². The first-order valence-electron chi connectivity index (χ1n) is 7.35. The van der Waals surface area contributed by atoms with Crippen LogP contribution in [-0.2, 0) is 20.9 Å². The van der Waals surface area contributed by atoms with Crippen molar-refractivity contribution in [2.24, 2.45) is 4.99 Å². The van der Waals surface area contributed by atoms with Gasteiger partial charge in [-0.3, -0.25) is 9.59 Å².